The number of anilines is 1. The molecule has 0 bridgehead atoms. The van der Waals surface area contributed by atoms with Gasteiger partial charge in [-0.2, -0.15) is 0 Å². The van der Waals surface area contributed by atoms with Gasteiger partial charge in [0.05, 0.1) is 16.3 Å². The minimum atomic E-state index is 0.254. The summed E-state index contributed by atoms with van der Waals surface area (Å²) in [6.45, 7) is 4.68. The first kappa shape index (κ1) is 14.1. The van der Waals surface area contributed by atoms with Crippen LogP contribution in [0.4, 0.5) is 5.69 Å². The van der Waals surface area contributed by atoms with Crippen LogP contribution in [0.3, 0.4) is 0 Å². The average molecular weight is 340 g/mol. The Morgan fingerprint density at radius 3 is 2.70 bits per heavy atom. The number of benzene rings is 1. The summed E-state index contributed by atoms with van der Waals surface area (Å²) in [4.78, 5) is 4.45. The molecule has 1 fully saturated rings. The molecular weight excluding hydrogens is 318 g/mol. The van der Waals surface area contributed by atoms with Crippen LogP contribution in [-0.2, 0) is 5.54 Å². The lowest BCUT2D eigenvalue weighted by molar-refractivity contribution is 0.421. The molecular formula is C20H21NS2. The van der Waals surface area contributed by atoms with E-state index in [1.807, 2.05) is 11.3 Å². The van der Waals surface area contributed by atoms with Crippen LogP contribution >= 0.6 is 22.7 Å². The predicted octanol–water partition coefficient (Wildman–Crippen LogP) is 6.62. The predicted molar refractivity (Wildman–Crippen MR) is 102 cm³/mol. The summed E-state index contributed by atoms with van der Waals surface area (Å²) in [7, 11) is 0. The maximum Gasteiger partial charge on any atom is 0.0756 e. The number of fused-ring (bicyclic) bond motifs is 4. The molecule has 0 saturated heterocycles. The molecule has 118 valence electrons. The standard InChI is InChI=1S/C20H21NS2/c1-13-7-3-4-8-15(13)21-14(2)17-18-16(9-12-22-18)23-19(17)20(21)10-5-6-11-20/h3-4,7-9,12,14H,5-6,10-11H2,1-2H3/t14-/m0/s1. The highest BCUT2D eigenvalue weighted by atomic mass is 32.1. The fourth-order valence-corrected chi connectivity index (χ4v) is 7.66. The van der Waals surface area contributed by atoms with Gasteiger partial charge in [-0.25, -0.2) is 0 Å². The summed E-state index contributed by atoms with van der Waals surface area (Å²) in [5, 5.41) is 2.26. The van der Waals surface area contributed by atoms with Gasteiger partial charge in [0, 0.05) is 20.8 Å². The Kier molecular flexibility index (Phi) is 2.96. The summed E-state index contributed by atoms with van der Waals surface area (Å²) in [6.07, 6.45) is 5.35. The zero-order valence-electron chi connectivity index (χ0n) is 13.6. The van der Waals surface area contributed by atoms with Gasteiger partial charge in [0.25, 0.3) is 0 Å². The number of rotatable bonds is 1. The second-order valence-corrected chi connectivity index (χ2v) is 9.00. The van der Waals surface area contributed by atoms with Gasteiger partial charge in [0.1, 0.15) is 0 Å². The van der Waals surface area contributed by atoms with Crippen LogP contribution in [0.2, 0.25) is 0 Å². The van der Waals surface area contributed by atoms with Crippen molar-refractivity contribution in [1.29, 1.82) is 0 Å². The van der Waals surface area contributed by atoms with E-state index < -0.39 is 0 Å². The number of thiophene rings is 2. The molecule has 5 rings (SSSR count). The molecule has 2 aliphatic rings. The molecule has 3 heterocycles. The van der Waals surface area contributed by atoms with E-state index in [4.69, 9.17) is 0 Å². The first-order valence-electron chi connectivity index (χ1n) is 8.58. The van der Waals surface area contributed by atoms with Crippen molar-refractivity contribution in [3.05, 3.63) is 51.7 Å². The van der Waals surface area contributed by atoms with Crippen LogP contribution in [0, 0.1) is 6.92 Å². The lowest BCUT2D eigenvalue weighted by Gasteiger charge is -2.41. The van der Waals surface area contributed by atoms with Crippen LogP contribution < -0.4 is 4.90 Å². The van der Waals surface area contributed by atoms with Gasteiger partial charge in [0.15, 0.2) is 0 Å². The molecule has 1 nitrogen and oxygen atoms in total. The first-order chi connectivity index (χ1) is 11.2. The Bertz CT molecular complexity index is 882. The molecule has 1 aromatic carbocycles. The van der Waals surface area contributed by atoms with Gasteiger partial charge >= 0.3 is 0 Å². The smallest absolute Gasteiger partial charge is 0.0756 e. The number of para-hydroxylation sites is 1. The van der Waals surface area contributed by atoms with Crippen molar-refractivity contribution in [2.24, 2.45) is 0 Å². The highest BCUT2D eigenvalue weighted by Gasteiger charge is 2.52. The maximum atomic E-state index is 2.77. The third-order valence-electron chi connectivity index (χ3n) is 5.82. The molecule has 1 aliphatic carbocycles. The molecule has 0 N–H and O–H groups in total. The second kappa shape index (κ2) is 4.84. The Morgan fingerprint density at radius 1 is 1.13 bits per heavy atom. The third-order valence-corrected chi connectivity index (χ3v) is 8.27. The average Bonchev–Trinajstić information content (AvgIpc) is 3.26. The van der Waals surface area contributed by atoms with Crippen molar-refractivity contribution in [2.45, 2.75) is 51.1 Å². The highest BCUT2D eigenvalue weighted by molar-refractivity contribution is 7.27. The van der Waals surface area contributed by atoms with Crippen molar-refractivity contribution < 1.29 is 0 Å². The van der Waals surface area contributed by atoms with E-state index in [1.54, 1.807) is 15.1 Å². The summed E-state index contributed by atoms with van der Waals surface area (Å²) in [5.41, 5.74) is 4.73. The maximum absolute atomic E-state index is 2.77. The second-order valence-electron chi connectivity index (χ2n) is 7.03. The van der Waals surface area contributed by atoms with Gasteiger partial charge in [0.2, 0.25) is 0 Å². The van der Waals surface area contributed by atoms with E-state index in [2.05, 4.69) is 65.8 Å². The molecule has 23 heavy (non-hydrogen) atoms. The number of hydrogen-bond acceptors (Lipinski definition) is 3. The lowest BCUT2D eigenvalue weighted by Crippen LogP contribution is -2.40. The molecule has 1 atom stereocenters. The van der Waals surface area contributed by atoms with Crippen molar-refractivity contribution in [2.75, 3.05) is 4.90 Å². The molecule has 2 aromatic heterocycles. The topological polar surface area (TPSA) is 3.24 Å². The largest absolute Gasteiger partial charge is 0.354 e. The lowest BCUT2D eigenvalue weighted by atomic mass is 9.94. The van der Waals surface area contributed by atoms with Crippen LogP contribution in [0.25, 0.3) is 9.40 Å². The zero-order chi connectivity index (χ0) is 15.6. The molecule has 1 aliphatic heterocycles. The van der Waals surface area contributed by atoms with Crippen molar-refractivity contribution in [1.82, 2.24) is 0 Å². The molecule has 3 aromatic rings. The van der Waals surface area contributed by atoms with E-state index in [0.29, 0.717) is 6.04 Å². The molecule has 0 amide bonds. The first-order valence-corrected chi connectivity index (χ1v) is 10.3. The molecule has 0 radical (unpaired) electrons. The Hall–Kier alpha value is -1.32. The zero-order valence-corrected chi connectivity index (χ0v) is 15.3. The summed E-state index contributed by atoms with van der Waals surface area (Å²) >= 11 is 4.00. The van der Waals surface area contributed by atoms with E-state index in [9.17, 15) is 0 Å². The van der Waals surface area contributed by atoms with Gasteiger partial charge in [-0.1, -0.05) is 31.0 Å². The Balaban J connectivity index is 1.78. The van der Waals surface area contributed by atoms with Crippen molar-refractivity contribution in [3.63, 3.8) is 0 Å². The van der Waals surface area contributed by atoms with Crippen LogP contribution in [0.1, 0.15) is 54.7 Å². The van der Waals surface area contributed by atoms with Crippen molar-refractivity contribution in [3.8, 4) is 0 Å². The van der Waals surface area contributed by atoms with E-state index in [-0.39, 0.29) is 5.54 Å². The molecule has 1 spiro atoms. The van der Waals surface area contributed by atoms with E-state index >= 15 is 0 Å². The monoisotopic (exact) mass is 339 g/mol. The quantitative estimate of drug-likeness (QED) is 0.481. The van der Waals surface area contributed by atoms with Gasteiger partial charge < -0.3 is 4.90 Å². The Morgan fingerprint density at radius 2 is 1.91 bits per heavy atom. The number of hydrogen-bond donors (Lipinski definition) is 0. The summed E-state index contributed by atoms with van der Waals surface area (Å²) in [5.74, 6) is 0. The molecule has 3 heteroatoms. The normalized spacial score (nSPS) is 22.3. The summed E-state index contributed by atoms with van der Waals surface area (Å²) in [6, 6.07) is 11.7. The number of nitrogens with zero attached hydrogens (tertiary/aromatic N) is 1. The fourth-order valence-electron chi connectivity index (χ4n) is 4.88. The van der Waals surface area contributed by atoms with Gasteiger partial charge in [-0.05, 0) is 49.8 Å². The highest BCUT2D eigenvalue weighted by Crippen LogP contribution is 2.61. The molecule has 1 saturated carbocycles. The van der Waals surface area contributed by atoms with Crippen LogP contribution in [0.15, 0.2) is 35.7 Å². The van der Waals surface area contributed by atoms with Crippen LogP contribution in [0.5, 0.6) is 0 Å². The Labute approximate surface area is 145 Å². The fraction of sp³-hybridized carbons (Fsp3) is 0.400. The minimum absolute atomic E-state index is 0.254. The van der Waals surface area contributed by atoms with E-state index in [0.717, 1.165) is 0 Å². The summed E-state index contributed by atoms with van der Waals surface area (Å²) < 4.78 is 3.04. The number of aryl methyl sites for hydroxylation is 1. The van der Waals surface area contributed by atoms with Crippen LogP contribution in [-0.4, -0.2) is 0 Å². The SMILES string of the molecule is Cc1ccccc1N1[C@@H](C)c2c(sc3ccsc23)C12CCCC2. The van der Waals surface area contributed by atoms with Crippen molar-refractivity contribution >= 4 is 37.8 Å². The van der Waals surface area contributed by atoms with Gasteiger partial charge in [-0.15, -0.1) is 22.7 Å². The minimum Gasteiger partial charge on any atom is -0.354 e. The molecule has 0 unspecified atom stereocenters. The van der Waals surface area contributed by atoms with Gasteiger partial charge in [-0.3, -0.25) is 0 Å². The van der Waals surface area contributed by atoms with E-state index in [1.165, 1.54) is 41.6 Å². The third kappa shape index (κ3) is 1.72.